The molecule has 0 saturated carbocycles. The second kappa shape index (κ2) is 10.2. The van der Waals surface area contributed by atoms with E-state index in [9.17, 15) is 13.2 Å². The van der Waals surface area contributed by atoms with E-state index >= 15 is 0 Å². The van der Waals surface area contributed by atoms with Crippen molar-refractivity contribution < 1.29 is 17.9 Å². The lowest BCUT2D eigenvalue weighted by Crippen LogP contribution is -2.30. The molecule has 0 spiro atoms. The number of hydrogen-bond acceptors (Lipinski definition) is 4. The summed E-state index contributed by atoms with van der Waals surface area (Å²) in [6, 6.07) is 15.4. The van der Waals surface area contributed by atoms with E-state index in [-0.39, 0.29) is 17.3 Å². The predicted octanol–water partition coefficient (Wildman–Crippen LogP) is 2.66. The second-order valence-electron chi connectivity index (χ2n) is 6.04. The number of nitrogens with zero attached hydrogens (tertiary/aromatic N) is 1. The summed E-state index contributed by atoms with van der Waals surface area (Å²) in [6.07, 6.45) is 0.753. The number of amides is 1. The van der Waals surface area contributed by atoms with Crippen LogP contribution < -0.4 is 5.32 Å². The number of sulfonamides is 1. The standard InChI is InChI=1S/C20H26N2O4S/c1-3-22(27(24,25)19-8-5-4-6-9-19)16-17-10-12-18(13-11-17)20(23)21-14-7-15-26-2/h4-6,8-13H,3,7,14-16H2,1-2H3,(H,21,23). The molecule has 0 aliphatic rings. The fourth-order valence-electron chi connectivity index (χ4n) is 2.59. The Balaban J connectivity index is 2.03. The summed E-state index contributed by atoms with van der Waals surface area (Å²) in [6.45, 7) is 3.57. The Morgan fingerprint density at radius 3 is 2.33 bits per heavy atom. The first kappa shape index (κ1) is 21.1. The van der Waals surface area contributed by atoms with Gasteiger partial charge in [0.1, 0.15) is 0 Å². The highest BCUT2D eigenvalue weighted by atomic mass is 32.2. The van der Waals surface area contributed by atoms with Crippen LogP contribution in [0.4, 0.5) is 0 Å². The fourth-order valence-corrected chi connectivity index (χ4v) is 4.05. The van der Waals surface area contributed by atoms with Crippen LogP contribution in [0.25, 0.3) is 0 Å². The molecule has 0 fully saturated rings. The Hall–Kier alpha value is -2.22. The van der Waals surface area contributed by atoms with Gasteiger partial charge in [-0.3, -0.25) is 4.79 Å². The van der Waals surface area contributed by atoms with Crippen LogP contribution >= 0.6 is 0 Å². The lowest BCUT2D eigenvalue weighted by Gasteiger charge is -2.20. The van der Waals surface area contributed by atoms with Gasteiger partial charge in [-0.15, -0.1) is 0 Å². The van der Waals surface area contributed by atoms with Crippen LogP contribution in [0.3, 0.4) is 0 Å². The summed E-state index contributed by atoms with van der Waals surface area (Å²) in [5.74, 6) is -0.151. The minimum absolute atomic E-state index is 0.151. The molecule has 7 heteroatoms. The molecule has 1 amide bonds. The molecule has 1 N–H and O–H groups in total. The van der Waals surface area contributed by atoms with Crippen molar-refractivity contribution in [3.8, 4) is 0 Å². The van der Waals surface area contributed by atoms with Gasteiger partial charge in [0.2, 0.25) is 10.0 Å². The Kier molecular flexibility index (Phi) is 7.97. The van der Waals surface area contributed by atoms with E-state index in [1.165, 1.54) is 4.31 Å². The third kappa shape index (κ3) is 5.89. The van der Waals surface area contributed by atoms with Gasteiger partial charge in [-0.25, -0.2) is 8.42 Å². The number of carbonyl (C=O) groups excluding carboxylic acids is 1. The predicted molar refractivity (Wildman–Crippen MR) is 105 cm³/mol. The highest BCUT2D eigenvalue weighted by Gasteiger charge is 2.22. The van der Waals surface area contributed by atoms with Crippen LogP contribution in [0.15, 0.2) is 59.5 Å². The largest absolute Gasteiger partial charge is 0.385 e. The van der Waals surface area contributed by atoms with Crippen LogP contribution in [-0.2, 0) is 21.3 Å². The first-order chi connectivity index (χ1) is 13.0. The zero-order chi connectivity index (χ0) is 19.7. The van der Waals surface area contributed by atoms with Crippen molar-refractivity contribution >= 4 is 15.9 Å². The molecule has 27 heavy (non-hydrogen) atoms. The van der Waals surface area contributed by atoms with Gasteiger partial charge in [0.05, 0.1) is 4.90 Å². The highest BCUT2D eigenvalue weighted by Crippen LogP contribution is 2.18. The molecule has 2 aromatic rings. The number of nitrogens with one attached hydrogen (secondary N) is 1. The van der Waals surface area contributed by atoms with Gasteiger partial charge >= 0.3 is 0 Å². The Morgan fingerprint density at radius 1 is 1.07 bits per heavy atom. The average molecular weight is 391 g/mol. The van der Waals surface area contributed by atoms with Crippen molar-refractivity contribution in [3.05, 3.63) is 65.7 Å². The monoisotopic (exact) mass is 390 g/mol. The summed E-state index contributed by atoms with van der Waals surface area (Å²) in [5, 5.41) is 2.83. The van der Waals surface area contributed by atoms with Gasteiger partial charge in [0, 0.05) is 38.9 Å². The molecule has 0 saturated heterocycles. The lowest BCUT2D eigenvalue weighted by atomic mass is 10.1. The molecule has 0 bridgehead atoms. The highest BCUT2D eigenvalue weighted by molar-refractivity contribution is 7.89. The van der Waals surface area contributed by atoms with Gasteiger partial charge in [-0.2, -0.15) is 4.31 Å². The normalized spacial score (nSPS) is 11.5. The van der Waals surface area contributed by atoms with E-state index in [2.05, 4.69) is 5.32 Å². The number of benzene rings is 2. The zero-order valence-corrected chi connectivity index (χ0v) is 16.5. The molecular formula is C20H26N2O4S. The molecule has 0 atom stereocenters. The van der Waals surface area contributed by atoms with Crippen molar-refractivity contribution in [2.75, 3.05) is 26.8 Å². The maximum atomic E-state index is 12.8. The van der Waals surface area contributed by atoms with Gasteiger partial charge in [0.25, 0.3) is 5.91 Å². The van der Waals surface area contributed by atoms with Gasteiger partial charge in [-0.1, -0.05) is 37.3 Å². The Labute approximate surface area is 161 Å². The van der Waals surface area contributed by atoms with E-state index in [0.717, 1.165) is 12.0 Å². The van der Waals surface area contributed by atoms with Crippen LogP contribution in [0, 0.1) is 0 Å². The molecule has 0 aliphatic carbocycles. The SMILES string of the molecule is CCN(Cc1ccc(C(=O)NCCCOC)cc1)S(=O)(=O)c1ccccc1. The topological polar surface area (TPSA) is 75.7 Å². The molecule has 2 aromatic carbocycles. The minimum atomic E-state index is -3.55. The number of carbonyl (C=O) groups is 1. The van der Waals surface area contributed by atoms with Crippen molar-refractivity contribution in [3.63, 3.8) is 0 Å². The first-order valence-electron chi connectivity index (χ1n) is 8.90. The molecule has 2 rings (SSSR count). The lowest BCUT2D eigenvalue weighted by molar-refractivity contribution is 0.0948. The van der Waals surface area contributed by atoms with Crippen molar-refractivity contribution in [1.29, 1.82) is 0 Å². The number of hydrogen-bond donors (Lipinski definition) is 1. The first-order valence-corrected chi connectivity index (χ1v) is 10.3. The second-order valence-corrected chi connectivity index (χ2v) is 7.98. The molecule has 0 radical (unpaired) electrons. The van der Waals surface area contributed by atoms with Gasteiger partial charge in [0.15, 0.2) is 0 Å². The van der Waals surface area contributed by atoms with Crippen molar-refractivity contribution in [2.45, 2.75) is 24.8 Å². The third-order valence-corrected chi connectivity index (χ3v) is 6.05. The fraction of sp³-hybridized carbons (Fsp3) is 0.350. The quantitative estimate of drug-likeness (QED) is 0.633. The van der Waals surface area contributed by atoms with E-state index < -0.39 is 10.0 Å². The van der Waals surface area contributed by atoms with Crippen molar-refractivity contribution in [2.24, 2.45) is 0 Å². The molecule has 0 unspecified atom stereocenters. The van der Waals surface area contributed by atoms with E-state index in [4.69, 9.17) is 4.74 Å². The van der Waals surface area contributed by atoms with E-state index in [0.29, 0.717) is 25.3 Å². The van der Waals surface area contributed by atoms with Crippen LogP contribution in [0.5, 0.6) is 0 Å². The smallest absolute Gasteiger partial charge is 0.251 e. The molecule has 0 aliphatic heterocycles. The Morgan fingerprint density at radius 2 is 1.74 bits per heavy atom. The van der Waals surface area contributed by atoms with Crippen LogP contribution in [-0.4, -0.2) is 45.4 Å². The molecule has 6 nitrogen and oxygen atoms in total. The summed E-state index contributed by atoms with van der Waals surface area (Å²) < 4.78 is 31.9. The molecule has 0 aromatic heterocycles. The van der Waals surface area contributed by atoms with E-state index in [1.807, 2.05) is 6.92 Å². The number of rotatable bonds is 10. The van der Waals surface area contributed by atoms with Crippen molar-refractivity contribution in [1.82, 2.24) is 9.62 Å². The van der Waals surface area contributed by atoms with Crippen LogP contribution in [0.2, 0.25) is 0 Å². The minimum Gasteiger partial charge on any atom is -0.385 e. The van der Waals surface area contributed by atoms with Gasteiger partial charge < -0.3 is 10.1 Å². The number of ether oxygens (including phenoxy) is 1. The molecule has 0 heterocycles. The third-order valence-electron chi connectivity index (χ3n) is 4.12. The average Bonchev–Trinajstić information content (AvgIpc) is 2.70. The zero-order valence-electron chi connectivity index (χ0n) is 15.7. The van der Waals surface area contributed by atoms with E-state index in [1.54, 1.807) is 61.7 Å². The van der Waals surface area contributed by atoms with Gasteiger partial charge in [-0.05, 0) is 36.2 Å². The van der Waals surface area contributed by atoms with Crippen LogP contribution in [0.1, 0.15) is 29.3 Å². The summed E-state index contributed by atoms with van der Waals surface area (Å²) in [4.78, 5) is 12.4. The summed E-state index contributed by atoms with van der Waals surface area (Å²) in [5.41, 5.74) is 1.37. The summed E-state index contributed by atoms with van der Waals surface area (Å²) in [7, 11) is -1.93. The molecule has 146 valence electrons. The maximum absolute atomic E-state index is 12.8. The summed E-state index contributed by atoms with van der Waals surface area (Å²) >= 11 is 0. The maximum Gasteiger partial charge on any atom is 0.251 e. The number of methoxy groups -OCH3 is 1. The Bertz CT molecular complexity index is 821. The molecular weight excluding hydrogens is 364 g/mol.